The lowest BCUT2D eigenvalue weighted by Crippen LogP contribution is -2.38. The number of imidazole rings is 1. The molecule has 0 bridgehead atoms. The number of amides is 2. The molecule has 33 heavy (non-hydrogen) atoms. The Balaban J connectivity index is 1.75. The molecule has 1 aromatic heterocycles. The Morgan fingerprint density at radius 1 is 1.18 bits per heavy atom. The Bertz CT molecular complexity index is 1350. The number of rotatable bonds is 6. The van der Waals surface area contributed by atoms with Crippen LogP contribution in [0.15, 0.2) is 53.7 Å². The lowest BCUT2D eigenvalue weighted by Gasteiger charge is -2.24. The van der Waals surface area contributed by atoms with E-state index in [-0.39, 0.29) is 24.2 Å². The molecule has 0 saturated carbocycles. The van der Waals surface area contributed by atoms with Crippen LogP contribution in [0, 0.1) is 0 Å². The molecule has 1 unspecified atom stereocenters. The molecule has 2 amide bonds. The number of benzene rings is 2. The van der Waals surface area contributed by atoms with Gasteiger partial charge in [0.05, 0.1) is 0 Å². The first-order chi connectivity index (χ1) is 15.6. The zero-order chi connectivity index (χ0) is 23.9. The second-order valence-corrected chi connectivity index (χ2v) is 9.40. The second-order valence-electron chi connectivity index (χ2n) is 7.59. The van der Waals surface area contributed by atoms with Gasteiger partial charge in [0.15, 0.2) is 0 Å². The monoisotopic (exact) mass is 488 g/mol. The van der Waals surface area contributed by atoms with Gasteiger partial charge in [-0.1, -0.05) is 35.9 Å². The Labute approximate surface area is 195 Å². The number of likely N-dealkylation sites (N-methyl/N-ethyl adjacent to an activating group) is 1. The number of hydrogen-bond acceptors (Lipinski definition) is 5. The number of aromatic nitrogens is 2. The summed E-state index contributed by atoms with van der Waals surface area (Å²) in [5.74, 6) is -0.471. The van der Waals surface area contributed by atoms with Crippen molar-refractivity contribution < 1.29 is 22.6 Å². The van der Waals surface area contributed by atoms with Crippen LogP contribution in [-0.2, 0) is 28.5 Å². The first-order valence-electron chi connectivity index (χ1n) is 10.1. The van der Waals surface area contributed by atoms with Gasteiger partial charge in [0, 0.05) is 48.0 Å². The number of nitrogens with one attached hydrogen (secondary N) is 1. The van der Waals surface area contributed by atoms with Crippen molar-refractivity contribution in [3.8, 4) is 11.4 Å². The van der Waals surface area contributed by atoms with E-state index in [0.717, 1.165) is 5.56 Å². The summed E-state index contributed by atoms with van der Waals surface area (Å²) in [5, 5.41) is 2.94. The number of carbonyl (C=O) groups excluding carboxylic acids is 2. The number of nitrogens with zero attached hydrogens (tertiary/aromatic N) is 3. The Morgan fingerprint density at radius 3 is 2.45 bits per heavy atom. The first-order valence-corrected chi connectivity index (χ1v) is 11.9. The van der Waals surface area contributed by atoms with Crippen LogP contribution in [-0.4, -0.2) is 45.8 Å². The molecule has 2 heterocycles. The summed E-state index contributed by atoms with van der Waals surface area (Å²) in [6.45, 7) is 2.31. The quantitative estimate of drug-likeness (QED) is 0.514. The van der Waals surface area contributed by atoms with Crippen molar-refractivity contribution in [2.45, 2.75) is 24.5 Å². The highest BCUT2D eigenvalue weighted by molar-refractivity contribution is 7.85. The lowest BCUT2D eigenvalue weighted by molar-refractivity contribution is -0.125. The van der Waals surface area contributed by atoms with Crippen LogP contribution in [0.4, 0.5) is 0 Å². The molecule has 11 heteroatoms. The van der Waals surface area contributed by atoms with E-state index in [2.05, 4.69) is 10.3 Å². The molecule has 0 radical (unpaired) electrons. The number of aryl methyl sites for hydroxylation is 1. The minimum Gasteiger partial charge on any atom is -0.350 e. The van der Waals surface area contributed by atoms with E-state index in [4.69, 9.17) is 11.6 Å². The Morgan fingerprint density at radius 2 is 1.85 bits per heavy atom. The van der Waals surface area contributed by atoms with Gasteiger partial charge in [-0.15, -0.1) is 0 Å². The van der Waals surface area contributed by atoms with Crippen LogP contribution < -0.4 is 5.32 Å². The van der Waals surface area contributed by atoms with Gasteiger partial charge in [0.1, 0.15) is 11.9 Å². The van der Waals surface area contributed by atoms with E-state index >= 15 is 0 Å². The summed E-state index contributed by atoms with van der Waals surface area (Å²) in [7, 11) is -2.95. The molecule has 1 aliphatic heterocycles. The largest absolute Gasteiger partial charge is 0.350 e. The average Bonchev–Trinajstić information content (AvgIpc) is 3.31. The van der Waals surface area contributed by atoms with Crippen molar-refractivity contribution in [3.63, 3.8) is 0 Å². The van der Waals surface area contributed by atoms with E-state index in [0.29, 0.717) is 28.3 Å². The van der Waals surface area contributed by atoms with Crippen LogP contribution in [0.3, 0.4) is 0 Å². The van der Waals surface area contributed by atoms with Gasteiger partial charge >= 0.3 is 10.1 Å². The highest BCUT2D eigenvalue weighted by Crippen LogP contribution is 2.40. The molecule has 1 aliphatic rings. The van der Waals surface area contributed by atoms with Crippen LogP contribution in [0.1, 0.15) is 34.5 Å². The summed E-state index contributed by atoms with van der Waals surface area (Å²) in [6.07, 6.45) is 1.17. The molecule has 0 saturated heterocycles. The molecule has 0 aliphatic carbocycles. The molecule has 3 aromatic rings. The van der Waals surface area contributed by atoms with Crippen molar-refractivity contribution in [1.82, 2.24) is 19.8 Å². The van der Waals surface area contributed by atoms with Gasteiger partial charge in [0.25, 0.3) is 5.91 Å². The summed E-state index contributed by atoms with van der Waals surface area (Å²) in [6, 6.07) is 11.1. The molecule has 2 N–H and O–H groups in total. The minimum absolute atomic E-state index is 0.209. The smallest absolute Gasteiger partial charge is 0.313 e. The van der Waals surface area contributed by atoms with Gasteiger partial charge in [-0.2, -0.15) is 8.42 Å². The predicted octanol–water partition coefficient (Wildman–Crippen LogP) is 2.82. The third kappa shape index (κ3) is 4.24. The molecule has 0 spiro atoms. The fourth-order valence-corrected chi connectivity index (χ4v) is 4.59. The third-order valence-electron chi connectivity index (χ3n) is 5.51. The Kier molecular flexibility index (Phi) is 6.00. The topological polar surface area (TPSA) is 122 Å². The maximum absolute atomic E-state index is 13.3. The van der Waals surface area contributed by atoms with E-state index in [1.807, 2.05) is 0 Å². The zero-order valence-corrected chi connectivity index (χ0v) is 19.4. The molecule has 1 atom stereocenters. The maximum atomic E-state index is 13.3. The predicted molar refractivity (Wildman–Crippen MR) is 121 cm³/mol. The third-order valence-corrected chi connectivity index (χ3v) is 6.49. The van der Waals surface area contributed by atoms with Crippen molar-refractivity contribution in [2.24, 2.45) is 7.05 Å². The lowest BCUT2D eigenvalue weighted by atomic mass is 9.96. The van der Waals surface area contributed by atoms with Crippen molar-refractivity contribution in [3.05, 3.63) is 70.4 Å². The highest BCUT2D eigenvalue weighted by atomic mass is 35.5. The fourth-order valence-electron chi connectivity index (χ4n) is 3.97. The molecule has 4 rings (SSSR count). The van der Waals surface area contributed by atoms with E-state index in [1.54, 1.807) is 56.4 Å². The standard InChI is InChI=1S/C22H21ClN4O5S/c1-3-27-19(21(28)24-11-13-7-9-14(23)10-8-13)18-15(5-4-6-16(18)22(27)29)20-25-17(12-26(20)2)33(30,31)32/h4-10,12,19H,3,11H2,1-2H3,(H,24,28)(H,30,31,32). The number of hydrogen-bond donors (Lipinski definition) is 2. The van der Waals surface area contributed by atoms with Crippen LogP contribution >= 0.6 is 11.6 Å². The van der Waals surface area contributed by atoms with Gasteiger partial charge in [-0.25, -0.2) is 4.98 Å². The summed E-state index contributed by atoms with van der Waals surface area (Å²) in [5.41, 5.74) is 2.06. The molecular weight excluding hydrogens is 468 g/mol. The molecule has 172 valence electrons. The molecular formula is C22H21ClN4O5S. The number of fused-ring (bicyclic) bond motifs is 1. The normalized spacial score (nSPS) is 15.6. The van der Waals surface area contributed by atoms with E-state index in [1.165, 1.54) is 15.7 Å². The summed E-state index contributed by atoms with van der Waals surface area (Å²) in [4.78, 5) is 31.9. The van der Waals surface area contributed by atoms with Crippen LogP contribution in [0.25, 0.3) is 11.4 Å². The zero-order valence-electron chi connectivity index (χ0n) is 17.8. The van der Waals surface area contributed by atoms with E-state index in [9.17, 15) is 22.6 Å². The second kappa shape index (κ2) is 8.62. The van der Waals surface area contributed by atoms with Gasteiger partial charge in [-0.3, -0.25) is 14.1 Å². The minimum atomic E-state index is -4.52. The summed E-state index contributed by atoms with van der Waals surface area (Å²) >= 11 is 5.91. The SMILES string of the molecule is CCN1C(=O)c2cccc(-c3nc(S(=O)(=O)O)cn3C)c2C1C(=O)NCc1ccc(Cl)cc1. The van der Waals surface area contributed by atoms with Gasteiger partial charge in [-0.05, 0) is 30.7 Å². The van der Waals surface area contributed by atoms with Crippen LogP contribution in [0.2, 0.25) is 5.02 Å². The first kappa shape index (κ1) is 23.0. The Hall–Kier alpha value is -3.21. The van der Waals surface area contributed by atoms with Gasteiger partial charge < -0.3 is 14.8 Å². The summed E-state index contributed by atoms with van der Waals surface area (Å²) < 4.78 is 34.0. The fraction of sp³-hybridized carbons (Fsp3) is 0.227. The number of halogens is 1. The van der Waals surface area contributed by atoms with E-state index < -0.39 is 21.2 Å². The molecule has 9 nitrogen and oxygen atoms in total. The molecule has 0 fully saturated rings. The van der Waals surface area contributed by atoms with Crippen molar-refractivity contribution in [2.75, 3.05) is 6.54 Å². The van der Waals surface area contributed by atoms with Crippen molar-refractivity contribution in [1.29, 1.82) is 0 Å². The molecule has 2 aromatic carbocycles. The number of carbonyl (C=O) groups is 2. The highest BCUT2D eigenvalue weighted by Gasteiger charge is 2.42. The van der Waals surface area contributed by atoms with Gasteiger partial charge in [0.2, 0.25) is 10.9 Å². The average molecular weight is 489 g/mol. The van der Waals surface area contributed by atoms with Crippen LogP contribution in [0.5, 0.6) is 0 Å². The van der Waals surface area contributed by atoms with Crippen molar-refractivity contribution >= 4 is 33.5 Å². The maximum Gasteiger partial charge on any atom is 0.313 e.